The molecule has 0 spiro atoms. The first kappa shape index (κ1) is 10.4. The minimum absolute atomic E-state index is 0.588. The lowest BCUT2D eigenvalue weighted by molar-refractivity contribution is -0.138. The predicted octanol–water partition coefficient (Wildman–Crippen LogP) is -0.503. The van der Waals surface area contributed by atoms with Crippen molar-refractivity contribution in [2.45, 2.75) is 0 Å². The maximum absolute atomic E-state index is 10.7. The number of ether oxygens (including phenoxy) is 2. The summed E-state index contributed by atoms with van der Waals surface area (Å²) in [5, 5.41) is 3.02. The van der Waals surface area contributed by atoms with Crippen molar-refractivity contribution in [1.29, 1.82) is 0 Å². The van der Waals surface area contributed by atoms with Crippen LogP contribution in [0.2, 0.25) is 0 Å². The topological polar surface area (TPSA) is 74.2 Å². The van der Waals surface area contributed by atoms with Gasteiger partial charge in [0.05, 0.1) is 14.2 Å². The van der Waals surface area contributed by atoms with Gasteiger partial charge in [-0.2, -0.15) is 0 Å². The van der Waals surface area contributed by atoms with Crippen molar-refractivity contribution in [3.8, 4) is 0 Å². The summed E-state index contributed by atoms with van der Waals surface area (Å²) in [6, 6.07) is 0. The van der Waals surface area contributed by atoms with Gasteiger partial charge in [-0.15, -0.1) is 0 Å². The number of carbonyl (C=O) groups is 2. The summed E-state index contributed by atoms with van der Waals surface area (Å²) in [6.45, 7) is 0. The molecule has 0 aromatic carbocycles. The SMILES string of the molecule is [CH2]ON=C(C(=O)OC)C(=O)OC. The molecule has 0 heterocycles. The van der Waals surface area contributed by atoms with Gasteiger partial charge in [-0.05, 0) is 0 Å². The minimum atomic E-state index is -0.939. The Labute approximate surface area is 69.1 Å². The molecule has 0 amide bonds. The van der Waals surface area contributed by atoms with Crippen LogP contribution in [-0.4, -0.2) is 31.9 Å². The lowest BCUT2D eigenvalue weighted by Crippen LogP contribution is -2.26. The lowest BCUT2D eigenvalue weighted by Gasteiger charge is -1.99. The smallest absolute Gasteiger partial charge is 0.367 e. The van der Waals surface area contributed by atoms with Crippen molar-refractivity contribution < 1.29 is 23.9 Å². The van der Waals surface area contributed by atoms with Gasteiger partial charge in [0.2, 0.25) is 0 Å². The summed E-state index contributed by atoms with van der Waals surface area (Å²) in [6.07, 6.45) is 0. The molecule has 0 fully saturated rings. The van der Waals surface area contributed by atoms with E-state index in [0.717, 1.165) is 14.2 Å². The van der Waals surface area contributed by atoms with Crippen LogP contribution in [0.3, 0.4) is 0 Å². The molecule has 6 nitrogen and oxygen atoms in total. The molecule has 0 aromatic rings. The van der Waals surface area contributed by atoms with Crippen LogP contribution in [0, 0.1) is 7.11 Å². The van der Waals surface area contributed by atoms with Gasteiger partial charge in [-0.3, -0.25) is 0 Å². The quantitative estimate of drug-likeness (QED) is 0.249. The highest BCUT2D eigenvalue weighted by molar-refractivity contribution is 6.62. The van der Waals surface area contributed by atoms with Crippen LogP contribution in [0.4, 0.5) is 0 Å². The van der Waals surface area contributed by atoms with Crippen LogP contribution < -0.4 is 0 Å². The molecule has 6 heteroatoms. The monoisotopic (exact) mass is 174 g/mol. The molecule has 1 radical (unpaired) electrons. The van der Waals surface area contributed by atoms with Crippen molar-refractivity contribution >= 4 is 17.7 Å². The van der Waals surface area contributed by atoms with Gasteiger partial charge < -0.3 is 14.3 Å². The molecule has 0 atom stereocenters. The largest absolute Gasteiger partial charge is 0.464 e. The van der Waals surface area contributed by atoms with Crippen molar-refractivity contribution in [1.82, 2.24) is 0 Å². The van der Waals surface area contributed by atoms with Gasteiger partial charge in [0, 0.05) is 0 Å². The number of oxime groups is 1. The summed E-state index contributed by atoms with van der Waals surface area (Å²) in [5.74, 6) is -1.88. The van der Waals surface area contributed by atoms with E-state index in [4.69, 9.17) is 0 Å². The van der Waals surface area contributed by atoms with Gasteiger partial charge in [-0.25, -0.2) is 9.59 Å². The van der Waals surface area contributed by atoms with Crippen LogP contribution in [0.1, 0.15) is 0 Å². The van der Waals surface area contributed by atoms with E-state index in [1.54, 1.807) is 0 Å². The third-order valence-electron chi connectivity index (χ3n) is 0.913. The third kappa shape index (κ3) is 2.57. The zero-order valence-electron chi connectivity index (χ0n) is 6.70. The zero-order chi connectivity index (χ0) is 9.56. The Morgan fingerprint density at radius 3 is 1.83 bits per heavy atom. The van der Waals surface area contributed by atoms with Crippen LogP contribution in [0.25, 0.3) is 0 Å². The molecule has 0 rings (SSSR count). The van der Waals surface area contributed by atoms with Gasteiger partial charge in [0.25, 0.3) is 5.71 Å². The van der Waals surface area contributed by atoms with Crippen molar-refractivity contribution in [3.05, 3.63) is 7.11 Å². The number of hydrogen-bond acceptors (Lipinski definition) is 6. The number of carbonyl (C=O) groups excluding carboxylic acids is 2. The molecular formula is C6H8NO5. The molecule has 0 saturated carbocycles. The number of hydrogen-bond donors (Lipinski definition) is 0. The number of rotatable bonds is 3. The molecule has 0 aromatic heterocycles. The van der Waals surface area contributed by atoms with Gasteiger partial charge in [-0.1, -0.05) is 5.16 Å². The average Bonchev–Trinajstić information content (AvgIpc) is 2.11. The highest BCUT2D eigenvalue weighted by Gasteiger charge is 2.22. The molecule has 0 aliphatic carbocycles. The fraction of sp³-hybridized carbons (Fsp3) is 0.333. The molecule has 12 heavy (non-hydrogen) atoms. The number of nitrogens with zero attached hydrogens (tertiary/aromatic N) is 1. The fourth-order valence-corrected chi connectivity index (χ4v) is 0.416. The van der Waals surface area contributed by atoms with Crippen LogP contribution >= 0.6 is 0 Å². The third-order valence-corrected chi connectivity index (χ3v) is 0.913. The molecule has 0 aliphatic rings. The molecule has 0 N–H and O–H groups in total. The van der Waals surface area contributed by atoms with Crippen LogP contribution in [0.15, 0.2) is 5.16 Å². The summed E-state index contributed by atoms with van der Waals surface area (Å²) in [5.41, 5.74) is -0.588. The van der Waals surface area contributed by atoms with E-state index < -0.39 is 17.7 Å². The summed E-state index contributed by atoms with van der Waals surface area (Å²) < 4.78 is 8.42. The zero-order valence-corrected chi connectivity index (χ0v) is 6.70. The first-order valence-corrected chi connectivity index (χ1v) is 2.83. The molecule has 0 saturated heterocycles. The summed E-state index contributed by atoms with van der Waals surface area (Å²) >= 11 is 0. The Hall–Kier alpha value is -1.59. The maximum Gasteiger partial charge on any atom is 0.367 e. The Bertz CT molecular complexity index is 192. The van der Waals surface area contributed by atoms with E-state index in [1.165, 1.54) is 0 Å². The van der Waals surface area contributed by atoms with Crippen molar-refractivity contribution in [3.63, 3.8) is 0 Å². The first-order valence-electron chi connectivity index (χ1n) is 2.83. The number of esters is 2. The van der Waals surface area contributed by atoms with E-state index in [1.807, 2.05) is 0 Å². The standard InChI is InChI=1S/C6H8NO5/c1-10-5(8)4(7-12-3)6(9)11-2/h3H2,1-2H3. The second-order valence-corrected chi connectivity index (χ2v) is 1.55. The van der Waals surface area contributed by atoms with Crippen LogP contribution in [-0.2, 0) is 23.9 Å². The van der Waals surface area contributed by atoms with E-state index in [9.17, 15) is 9.59 Å². The van der Waals surface area contributed by atoms with E-state index >= 15 is 0 Å². The first-order chi connectivity index (χ1) is 5.67. The van der Waals surface area contributed by atoms with E-state index in [-0.39, 0.29) is 0 Å². The highest BCUT2D eigenvalue weighted by atomic mass is 16.6. The second kappa shape index (κ2) is 5.11. The Balaban J connectivity index is 4.55. The predicted molar refractivity (Wildman–Crippen MR) is 37.9 cm³/mol. The second-order valence-electron chi connectivity index (χ2n) is 1.55. The fourth-order valence-electron chi connectivity index (χ4n) is 0.416. The maximum atomic E-state index is 10.7. The molecule has 0 aliphatic heterocycles. The van der Waals surface area contributed by atoms with Gasteiger partial charge in [0.15, 0.2) is 7.11 Å². The normalized spacial score (nSPS) is 8.25. The number of methoxy groups -OCH3 is 2. The van der Waals surface area contributed by atoms with Crippen molar-refractivity contribution in [2.24, 2.45) is 5.16 Å². The average molecular weight is 174 g/mol. The molecule has 0 bridgehead atoms. The Morgan fingerprint density at radius 1 is 1.17 bits per heavy atom. The summed E-state index contributed by atoms with van der Waals surface area (Å²) in [7, 11) is 5.06. The van der Waals surface area contributed by atoms with E-state index in [2.05, 4.69) is 26.6 Å². The van der Waals surface area contributed by atoms with E-state index in [0.29, 0.717) is 0 Å². The van der Waals surface area contributed by atoms with Gasteiger partial charge >= 0.3 is 11.9 Å². The summed E-state index contributed by atoms with van der Waals surface area (Å²) in [4.78, 5) is 25.5. The van der Waals surface area contributed by atoms with Crippen molar-refractivity contribution in [2.75, 3.05) is 14.2 Å². The van der Waals surface area contributed by atoms with Crippen LogP contribution in [0.5, 0.6) is 0 Å². The molecular weight excluding hydrogens is 166 g/mol. The minimum Gasteiger partial charge on any atom is -0.464 e. The molecule has 0 unspecified atom stereocenters. The highest BCUT2D eigenvalue weighted by Crippen LogP contribution is 1.88. The Kier molecular flexibility index (Phi) is 4.43. The lowest BCUT2D eigenvalue weighted by atomic mass is 10.4. The van der Waals surface area contributed by atoms with Gasteiger partial charge in [0.1, 0.15) is 0 Å². The molecule has 67 valence electrons. The Morgan fingerprint density at radius 2 is 1.58 bits per heavy atom.